The van der Waals surface area contributed by atoms with Crippen LogP contribution in [0.1, 0.15) is 47.4 Å². The van der Waals surface area contributed by atoms with Gasteiger partial charge in [-0.25, -0.2) is 0 Å². The lowest BCUT2D eigenvalue weighted by Gasteiger charge is -2.36. The van der Waals surface area contributed by atoms with Crippen LogP contribution in [0.15, 0.2) is 42.5 Å². The normalized spacial score (nSPS) is 23.3. The number of anilines is 1. The van der Waals surface area contributed by atoms with Gasteiger partial charge in [0.15, 0.2) is 0 Å². The average Bonchev–Trinajstić information content (AvgIpc) is 3.73. The summed E-state index contributed by atoms with van der Waals surface area (Å²) in [5, 5.41) is 2.90. The van der Waals surface area contributed by atoms with Crippen LogP contribution in [0.3, 0.4) is 0 Å². The van der Waals surface area contributed by atoms with Crippen LogP contribution in [0, 0.1) is 11.8 Å². The summed E-state index contributed by atoms with van der Waals surface area (Å²) in [4.78, 5) is 30.7. The number of carbonyl (C=O) groups excluding carboxylic acids is 2. The zero-order valence-electron chi connectivity index (χ0n) is 22.5. The molecule has 8 heteroatoms. The standard InChI is InChI=1S/C29H39N3O5/c1-19-15-32(16-21-10-11-21)20(2)18-37-26-13-12-22(14-24(26)29(34)31(3)17-27(19)36-5)30-28(33)23-8-6-7-9-25(23)35-4/h6-9,12-14,19-21,27H,10-11,15-18H2,1-5H3,(H,30,33)/t19-,20-,27-/m0/s1. The van der Waals surface area contributed by atoms with Gasteiger partial charge in [0.2, 0.25) is 0 Å². The highest BCUT2D eigenvalue weighted by atomic mass is 16.5. The molecule has 8 nitrogen and oxygen atoms in total. The summed E-state index contributed by atoms with van der Waals surface area (Å²) in [6, 6.07) is 12.4. The molecule has 2 aromatic carbocycles. The number of likely N-dealkylation sites (N-methyl/N-ethyl adjacent to an activating group) is 1. The Kier molecular flexibility index (Phi) is 8.71. The van der Waals surface area contributed by atoms with Crippen molar-refractivity contribution in [2.45, 2.75) is 38.8 Å². The summed E-state index contributed by atoms with van der Waals surface area (Å²) in [7, 11) is 5.02. The van der Waals surface area contributed by atoms with Crippen molar-refractivity contribution in [3.63, 3.8) is 0 Å². The maximum atomic E-state index is 13.6. The number of fused-ring (bicyclic) bond motifs is 1. The minimum atomic E-state index is -0.315. The number of hydrogen-bond acceptors (Lipinski definition) is 6. The molecule has 0 radical (unpaired) electrons. The molecule has 0 unspecified atom stereocenters. The number of nitrogens with one attached hydrogen (secondary N) is 1. The summed E-state index contributed by atoms with van der Waals surface area (Å²) in [6.45, 7) is 7.24. The van der Waals surface area contributed by atoms with Crippen LogP contribution < -0.4 is 14.8 Å². The van der Waals surface area contributed by atoms with Crippen molar-refractivity contribution in [1.29, 1.82) is 0 Å². The lowest BCUT2D eigenvalue weighted by molar-refractivity contribution is 0.00994. The van der Waals surface area contributed by atoms with E-state index in [1.54, 1.807) is 55.5 Å². The molecule has 3 atom stereocenters. The number of rotatable bonds is 6. The third-order valence-corrected chi connectivity index (χ3v) is 7.37. The van der Waals surface area contributed by atoms with Crippen LogP contribution in [0.4, 0.5) is 5.69 Å². The van der Waals surface area contributed by atoms with Gasteiger partial charge in [-0.1, -0.05) is 19.1 Å². The van der Waals surface area contributed by atoms with Gasteiger partial charge in [0, 0.05) is 45.5 Å². The first-order valence-electron chi connectivity index (χ1n) is 13.0. The molecule has 1 aliphatic carbocycles. The third-order valence-electron chi connectivity index (χ3n) is 7.37. The Morgan fingerprint density at radius 2 is 1.86 bits per heavy atom. The Hall–Kier alpha value is -3.10. The van der Waals surface area contributed by atoms with Gasteiger partial charge in [0.05, 0.1) is 24.3 Å². The number of carbonyl (C=O) groups is 2. The van der Waals surface area contributed by atoms with Crippen LogP contribution >= 0.6 is 0 Å². The van der Waals surface area contributed by atoms with Gasteiger partial charge in [-0.15, -0.1) is 0 Å². The Balaban J connectivity index is 1.61. The third kappa shape index (κ3) is 6.62. The maximum absolute atomic E-state index is 13.6. The Morgan fingerprint density at radius 3 is 2.57 bits per heavy atom. The number of amides is 2. The molecule has 4 rings (SSSR count). The van der Waals surface area contributed by atoms with Gasteiger partial charge in [-0.05, 0) is 61.9 Å². The van der Waals surface area contributed by atoms with Gasteiger partial charge in [0.1, 0.15) is 18.1 Å². The number of benzene rings is 2. The van der Waals surface area contributed by atoms with Crippen molar-refractivity contribution in [2.75, 3.05) is 52.8 Å². The lowest BCUT2D eigenvalue weighted by Crippen LogP contribution is -2.47. The molecule has 200 valence electrons. The number of hydrogen-bond donors (Lipinski definition) is 1. The molecule has 1 saturated carbocycles. The SMILES string of the molecule is COc1ccccc1C(=O)Nc1ccc2c(c1)C(=O)N(C)C[C@H](OC)[C@@H](C)CN(CC1CC1)[C@@H](C)CO2. The summed E-state index contributed by atoms with van der Waals surface area (Å²) in [6.07, 6.45) is 2.48. The highest BCUT2D eigenvalue weighted by Gasteiger charge is 2.31. The molecular formula is C29H39N3O5. The summed E-state index contributed by atoms with van der Waals surface area (Å²) >= 11 is 0. The largest absolute Gasteiger partial charge is 0.496 e. The molecule has 1 aliphatic heterocycles. The zero-order chi connectivity index (χ0) is 26.5. The Morgan fingerprint density at radius 1 is 1.11 bits per heavy atom. The minimum absolute atomic E-state index is 0.0971. The first kappa shape index (κ1) is 26.9. The molecule has 1 heterocycles. The van der Waals surface area contributed by atoms with E-state index in [-0.39, 0.29) is 29.9 Å². The fourth-order valence-corrected chi connectivity index (χ4v) is 4.85. The van der Waals surface area contributed by atoms with E-state index < -0.39 is 0 Å². The summed E-state index contributed by atoms with van der Waals surface area (Å²) < 4.78 is 17.4. The molecule has 2 amide bonds. The quantitative estimate of drug-likeness (QED) is 0.630. The lowest BCUT2D eigenvalue weighted by atomic mass is 10.0. The van der Waals surface area contributed by atoms with Crippen molar-refractivity contribution >= 4 is 17.5 Å². The van der Waals surface area contributed by atoms with E-state index in [1.165, 1.54) is 20.0 Å². The van der Waals surface area contributed by atoms with Crippen LogP contribution in [-0.2, 0) is 4.74 Å². The number of para-hydroxylation sites is 1. The van der Waals surface area contributed by atoms with Gasteiger partial charge in [-0.3, -0.25) is 14.5 Å². The molecule has 1 fully saturated rings. The summed E-state index contributed by atoms with van der Waals surface area (Å²) in [5.41, 5.74) is 1.33. The van der Waals surface area contributed by atoms with Crippen molar-refractivity contribution < 1.29 is 23.8 Å². The van der Waals surface area contributed by atoms with E-state index in [9.17, 15) is 9.59 Å². The van der Waals surface area contributed by atoms with E-state index >= 15 is 0 Å². The molecule has 0 bridgehead atoms. The van der Waals surface area contributed by atoms with E-state index in [0.29, 0.717) is 41.5 Å². The van der Waals surface area contributed by atoms with E-state index in [4.69, 9.17) is 14.2 Å². The molecule has 37 heavy (non-hydrogen) atoms. The van der Waals surface area contributed by atoms with Crippen LogP contribution in [0.2, 0.25) is 0 Å². The van der Waals surface area contributed by atoms with E-state index in [2.05, 4.69) is 24.1 Å². The number of ether oxygens (including phenoxy) is 3. The molecule has 2 aliphatic rings. The van der Waals surface area contributed by atoms with Crippen LogP contribution in [0.25, 0.3) is 0 Å². The number of methoxy groups -OCH3 is 2. The first-order valence-corrected chi connectivity index (χ1v) is 13.0. The van der Waals surface area contributed by atoms with Gasteiger partial charge < -0.3 is 24.4 Å². The highest BCUT2D eigenvalue weighted by molar-refractivity contribution is 6.07. The Bertz CT molecular complexity index is 1100. The second-order valence-electron chi connectivity index (χ2n) is 10.4. The van der Waals surface area contributed by atoms with Gasteiger partial charge in [-0.2, -0.15) is 0 Å². The van der Waals surface area contributed by atoms with Gasteiger partial charge in [0.25, 0.3) is 11.8 Å². The maximum Gasteiger partial charge on any atom is 0.259 e. The smallest absolute Gasteiger partial charge is 0.259 e. The van der Waals surface area contributed by atoms with Crippen molar-refractivity contribution in [3.8, 4) is 11.5 Å². The molecule has 1 N–H and O–H groups in total. The molecule has 2 aromatic rings. The van der Waals surface area contributed by atoms with Crippen LogP contribution in [-0.4, -0.2) is 81.3 Å². The summed E-state index contributed by atoms with van der Waals surface area (Å²) in [5.74, 6) is 1.50. The molecule has 0 saturated heterocycles. The predicted molar refractivity (Wildman–Crippen MR) is 144 cm³/mol. The molecule has 0 aromatic heterocycles. The first-order chi connectivity index (χ1) is 17.8. The fraction of sp³-hybridized carbons (Fsp3) is 0.517. The predicted octanol–water partition coefficient (Wildman–Crippen LogP) is 4.16. The van der Waals surface area contributed by atoms with Crippen molar-refractivity contribution in [2.24, 2.45) is 11.8 Å². The molecular weight excluding hydrogens is 470 g/mol. The highest BCUT2D eigenvalue weighted by Crippen LogP contribution is 2.32. The minimum Gasteiger partial charge on any atom is -0.496 e. The second kappa shape index (κ2) is 12.0. The Labute approximate surface area is 219 Å². The number of nitrogens with zero attached hydrogens (tertiary/aromatic N) is 2. The van der Waals surface area contributed by atoms with Crippen LogP contribution in [0.5, 0.6) is 11.5 Å². The fourth-order valence-electron chi connectivity index (χ4n) is 4.85. The zero-order valence-corrected chi connectivity index (χ0v) is 22.5. The van der Waals surface area contributed by atoms with Gasteiger partial charge >= 0.3 is 0 Å². The second-order valence-corrected chi connectivity index (χ2v) is 10.4. The van der Waals surface area contributed by atoms with E-state index in [1.807, 2.05) is 6.07 Å². The topological polar surface area (TPSA) is 80.3 Å². The van der Waals surface area contributed by atoms with E-state index in [0.717, 1.165) is 19.0 Å². The van der Waals surface area contributed by atoms with Crippen molar-refractivity contribution in [3.05, 3.63) is 53.6 Å². The monoisotopic (exact) mass is 509 g/mol. The van der Waals surface area contributed by atoms with Crippen molar-refractivity contribution in [1.82, 2.24) is 9.80 Å². The average molecular weight is 510 g/mol. The molecule has 0 spiro atoms.